The molecule has 0 aromatic carbocycles. The molecule has 1 aromatic rings. The number of piperidine rings is 1. The highest BCUT2D eigenvalue weighted by atomic mass is 16.3. The van der Waals surface area contributed by atoms with Crippen LogP contribution in [-0.4, -0.2) is 44.4 Å². The molecule has 5 nitrogen and oxygen atoms in total. The molecular weight excluding hydrogens is 302 g/mol. The largest absolute Gasteiger partial charge is 0.389 e. The third-order valence-corrected chi connectivity index (χ3v) is 6.91. The van der Waals surface area contributed by atoms with Crippen LogP contribution in [0.1, 0.15) is 62.4 Å². The normalized spacial score (nSPS) is 25.8. The van der Waals surface area contributed by atoms with Crippen molar-refractivity contribution in [3.05, 3.63) is 17.0 Å². The molecule has 1 saturated heterocycles. The van der Waals surface area contributed by atoms with Crippen LogP contribution in [0.3, 0.4) is 0 Å². The average molecular weight is 333 g/mol. The van der Waals surface area contributed by atoms with Gasteiger partial charge in [-0.2, -0.15) is 5.10 Å². The van der Waals surface area contributed by atoms with Gasteiger partial charge >= 0.3 is 0 Å². The highest BCUT2D eigenvalue weighted by Crippen LogP contribution is 2.57. The van der Waals surface area contributed by atoms with Crippen molar-refractivity contribution < 1.29 is 9.90 Å². The van der Waals surface area contributed by atoms with Crippen molar-refractivity contribution in [1.29, 1.82) is 0 Å². The molecule has 1 N–H and O–H groups in total. The van der Waals surface area contributed by atoms with Crippen LogP contribution in [-0.2, 0) is 18.3 Å². The van der Waals surface area contributed by atoms with Crippen LogP contribution < -0.4 is 0 Å². The van der Waals surface area contributed by atoms with Gasteiger partial charge in [-0.3, -0.25) is 9.48 Å². The first-order valence-corrected chi connectivity index (χ1v) is 9.31. The smallest absolute Gasteiger partial charge is 0.222 e. The summed E-state index contributed by atoms with van der Waals surface area (Å²) < 4.78 is 1.89. The molecule has 1 aliphatic heterocycles. The molecule has 1 aliphatic carbocycles. The van der Waals surface area contributed by atoms with Crippen LogP contribution in [0.5, 0.6) is 0 Å². The number of nitrogens with zero attached hydrogens (tertiary/aromatic N) is 3. The molecule has 5 heteroatoms. The molecule has 134 valence electrons. The summed E-state index contributed by atoms with van der Waals surface area (Å²) in [6.07, 6.45) is 6.11. The summed E-state index contributed by atoms with van der Waals surface area (Å²) in [5, 5.41) is 15.1. The summed E-state index contributed by atoms with van der Waals surface area (Å²) in [6, 6.07) is 0. The fourth-order valence-electron chi connectivity index (χ4n) is 4.79. The van der Waals surface area contributed by atoms with E-state index >= 15 is 0 Å². The van der Waals surface area contributed by atoms with Crippen molar-refractivity contribution in [3.8, 4) is 0 Å². The average Bonchev–Trinajstić information content (AvgIpc) is 2.83. The van der Waals surface area contributed by atoms with Crippen molar-refractivity contribution in [2.45, 2.75) is 71.3 Å². The molecule has 1 amide bonds. The second-order valence-electron chi connectivity index (χ2n) is 7.82. The van der Waals surface area contributed by atoms with Gasteiger partial charge in [-0.25, -0.2) is 0 Å². The summed E-state index contributed by atoms with van der Waals surface area (Å²) >= 11 is 0. The van der Waals surface area contributed by atoms with Crippen LogP contribution in [0, 0.1) is 19.3 Å². The lowest BCUT2D eigenvalue weighted by Gasteiger charge is -2.59. The number of aliphatic hydroxyl groups is 1. The highest BCUT2D eigenvalue weighted by Gasteiger charge is 2.57. The predicted octanol–water partition coefficient (Wildman–Crippen LogP) is 2.51. The molecule has 1 aromatic heterocycles. The maximum Gasteiger partial charge on any atom is 0.222 e. The zero-order valence-electron chi connectivity index (χ0n) is 15.6. The number of aromatic nitrogens is 2. The van der Waals surface area contributed by atoms with Crippen LogP contribution >= 0.6 is 0 Å². The van der Waals surface area contributed by atoms with E-state index < -0.39 is 5.60 Å². The molecule has 24 heavy (non-hydrogen) atoms. The Bertz CT molecular complexity index is 625. The molecule has 0 radical (unpaired) electrons. The number of likely N-dealkylation sites (tertiary alicyclic amines) is 1. The van der Waals surface area contributed by atoms with Gasteiger partial charge in [0.1, 0.15) is 0 Å². The van der Waals surface area contributed by atoms with Crippen molar-refractivity contribution in [3.63, 3.8) is 0 Å². The van der Waals surface area contributed by atoms with Gasteiger partial charge in [0.2, 0.25) is 5.91 Å². The Morgan fingerprint density at radius 1 is 1.21 bits per heavy atom. The second kappa shape index (κ2) is 6.17. The van der Waals surface area contributed by atoms with Gasteiger partial charge in [0.15, 0.2) is 0 Å². The number of hydrogen-bond donors (Lipinski definition) is 1. The monoisotopic (exact) mass is 333 g/mol. The predicted molar refractivity (Wildman–Crippen MR) is 93.7 cm³/mol. The number of amides is 1. The lowest BCUT2D eigenvalue weighted by atomic mass is 9.51. The first kappa shape index (κ1) is 17.5. The van der Waals surface area contributed by atoms with Gasteiger partial charge < -0.3 is 10.0 Å². The van der Waals surface area contributed by atoms with Crippen molar-refractivity contribution in [2.24, 2.45) is 12.5 Å². The SMILES string of the molecule is CCC1(O)CCC12CCN(C(=O)CCc1c(C)nn(C)c1C)CC2. The van der Waals surface area contributed by atoms with E-state index in [0.717, 1.165) is 63.0 Å². The van der Waals surface area contributed by atoms with Gasteiger partial charge in [-0.15, -0.1) is 0 Å². The standard InChI is InChI=1S/C19H31N3O2/c1-5-19(24)9-8-18(19)10-12-22(13-11-18)17(23)7-6-16-14(2)20-21(4)15(16)3/h24H,5-13H2,1-4H3. The van der Waals surface area contributed by atoms with Crippen molar-refractivity contribution in [1.82, 2.24) is 14.7 Å². The quantitative estimate of drug-likeness (QED) is 0.921. The first-order chi connectivity index (χ1) is 11.3. The molecule has 2 heterocycles. The number of carbonyl (C=O) groups is 1. The molecule has 3 rings (SSSR count). The first-order valence-electron chi connectivity index (χ1n) is 9.31. The summed E-state index contributed by atoms with van der Waals surface area (Å²) in [7, 11) is 1.95. The van der Waals surface area contributed by atoms with Gasteiger partial charge in [0, 0.05) is 37.7 Å². The topological polar surface area (TPSA) is 58.4 Å². The second-order valence-corrected chi connectivity index (χ2v) is 7.82. The zero-order chi connectivity index (χ0) is 17.5. The summed E-state index contributed by atoms with van der Waals surface area (Å²) in [5.41, 5.74) is 2.99. The van der Waals surface area contributed by atoms with Crippen molar-refractivity contribution >= 4 is 5.91 Å². The summed E-state index contributed by atoms with van der Waals surface area (Å²) in [5.74, 6) is 0.242. The van der Waals surface area contributed by atoms with Crippen LogP contribution in [0.15, 0.2) is 0 Å². The minimum atomic E-state index is -0.480. The highest BCUT2D eigenvalue weighted by molar-refractivity contribution is 5.76. The molecule has 1 saturated carbocycles. The maximum absolute atomic E-state index is 12.6. The molecular formula is C19H31N3O2. The summed E-state index contributed by atoms with van der Waals surface area (Å²) in [6.45, 7) is 7.75. The molecule has 0 bridgehead atoms. The fourth-order valence-corrected chi connectivity index (χ4v) is 4.79. The van der Waals surface area contributed by atoms with E-state index in [9.17, 15) is 9.90 Å². The minimum absolute atomic E-state index is 0.0784. The molecule has 1 atom stereocenters. The number of aryl methyl sites for hydroxylation is 2. The Morgan fingerprint density at radius 3 is 2.33 bits per heavy atom. The van der Waals surface area contributed by atoms with Crippen molar-refractivity contribution in [2.75, 3.05) is 13.1 Å². The Hall–Kier alpha value is -1.36. The fraction of sp³-hybridized carbons (Fsp3) is 0.789. The van der Waals surface area contributed by atoms with E-state index in [-0.39, 0.29) is 11.3 Å². The third-order valence-electron chi connectivity index (χ3n) is 6.91. The Morgan fingerprint density at radius 2 is 1.88 bits per heavy atom. The van der Waals surface area contributed by atoms with Gasteiger partial charge in [-0.1, -0.05) is 6.92 Å². The molecule has 2 aliphatic rings. The van der Waals surface area contributed by atoms with E-state index in [0.29, 0.717) is 6.42 Å². The zero-order valence-corrected chi connectivity index (χ0v) is 15.6. The summed E-state index contributed by atoms with van der Waals surface area (Å²) in [4.78, 5) is 14.6. The number of hydrogen-bond acceptors (Lipinski definition) is 3. The van der Waals surface area contributed by atoms with Gasteiger partial charge in [0.05, 0.1) is 11.3 Å². The molecule has 2 fully saturated rings. The molecule has 1 unspecified atom stereocenters. The lowest BCUT2D eigenvalue weighted by Crippen LogP contribution is -2.61. The minimum Gasteiger partial charge on any atom is -0.389 e. The van der Waals surface area contributed by atoms with Gasteiger partial charge in [-0.05, 0) is 57.9 Å². The van der Waals surface area contributed by atoms with E-state index in [2.05, 4.69) is 18.9 Å². The lowest BCUT2D eigenvalue weighted by molar-refractivity contribution is -0.192. The van der Waals surface area contributed by atoms with Crippen LogP contribution in [0.4, 0.5) is 0 Å². The maximum atomic E-state index is 12.6. The van der Waals surface area contributed by atoms with E-state index in [1.54, 1.807) is 0 Å². The third kappa shape index (κ3) is 2.67. The van der Waals surface area contributed by atoms with E-state index in [4.69, 9.17) is 0 Å². The van der Waals surface area contributed by atoms with Crippen LogP contribution in [0.25, 0.3) is 0 Å². The van der Waals surface area contributed by atoms with Crippen LogP contribution in [0.2, 0.25) is 0 Å². The van der Waals surface area contributed by atoms with E-state index in [1.807, 2.05) is 23.6 Å². The molecule has 1 spiro atoms. The Kier molecular flexibility index (Phi) is 4.49. The Labute approximate surface area is 145 Å². The number of rotatable bonds is 4. The van der Waals surface area contributed by atoms with Gasteiger partial charge in [0.25, 0.3) is 0 Å². The number of carbonyl (C=O) groups excluding carboxylic acids is 1. The van der Waals surface area contributed by atoms with E-state index in [1.165, 1.54) is 5.56 Å². The Balaban J connectivity index is 1.54.